The Bertz CT molecular complexity index is 679. The number of aromatic nitrogens is 1. The van der Waals surface area contributed by atoms with Crippen LogP contribution in [0.3, 0.4) is 0 Å². The average Bonchev–Trinajstić information content (AvgIpc) is 3.08. The van der Waals surface area contributed by atoms with Gasteiger partial charge in [0.2, 0.25) is 5.91 Å². The number of hydrogen-bond acceptors (Lipinski definition) is 5. The summed E-state index contributed by atoms with van der Waals surface area (Å²) in [5, 5.41) is 11.1. The summed E-state index contributed by atoms with van der Waals surface area (Å²) in [4.78, 5) is 26.8. The van der Waals surface area contributed by atoms with Crippen LogP contribution in [0.25, 0.3) is 11.3 Å². The van der Waals surface area contributed by atoms with Crippen molar-refractivity contribution in [2.24, 2.45) is 0 Å². The van der Waals surface area contributed by atoms with E-state index in [0.717, 1.165) is 24.0 Å². The minimum Gasteiger partial charge on any atom is -0.432 e. The van der Waals surface area contributed by atoms with Gasteiger partial charge in [-0.25, -0.2) is 10.5 Å². The van der Waals surface area contributed by atoms with Crippen LogP contribution in [0.15, 0.2) is 34.9 Å². The summed E-state index contributed by atoms with van der Waals surface area (Å²) in [7, 11) is 0. The number of amides is 2. The molecule has 0 unspecified atom stereocenters. The number of hydrogen-bond donors (Lipinski definition) is 3. The van der Waals surface area contributed by atoms with E-state index in [1.165, 1.54) is 6.20 Å². The molecule has 0 aliphatic heterocycles. The van der Waals surface area contributed by atoms with Crippen molar-refractivity contribution >= 4 is 11.8 Å². The fourth-order valence-electron chi connectivity index (χ4n) is 2.15. The second-order valence-corrected chi connectivity index (χ2v) is 5.50. The molecule has 2 amide bonds. The summed E-state index contributed by atoms with van der Waals surface area (Å²) in [5.74, 6) is -0.177. The molecule has 24 heavy (non-hydrogen) atoms. The molecule has 1 aromatic carbocycles. The van der Waals surface area contributed by atoms with Gasteiger partial charge in [-0.15, -0.1) is 0 Å². The van der Waals surface area contributed by atoms with Gasteiger partial charge in [-0.3, -0.25) is 14.8 Å². The number of carbonyl (C=O) groups excluding carboxylic acids is 2. The number of carbonyl (C=O) groups is 2. The van der Waals surface area contributed by atoms with Crippen molar-refractivity contribution in [3.63, 3.8) is 0 Å². The minimum absolute atomic E-state index is 0.0326. The van der Waals surface area contributed by atoms with E-state index in [9.17, 15) is 9.59 Å². The fourth-order valence-corrected chi connectivity index (χ4v) is 2.15. The number of nitrogens with zero attached hydrogens (tertiary/aromatic N) is 1. The zero-order valence-electron chi connectivity index (χ0n) is 13.5. The molecule has 0 aliphatic rings. The predicted octanol–water partition coefficient (Wildman–Crippen LogP) is 2.45. The van der Waals surface area contributed by atoms with Crippen molar-refractivity contribution in [1.82, 2.24) is 15.8 Å². The summed E-state index contributed by atoms with van der Waals surface area (Å²) >= 11 is 0. The van der Waals surface area contributed by atoms with E-state index in [1.807, 2.05) is 31.2 Å². The van der Waals surface area contributed by atoms with Gasteiger partial charge < -0.3 is 9.73 Å². The van der Waals surface area contributed by atoms with Gasteiger partial charge in [0.15, 0.2) is 5.76 Å². The van der Waals surface area contributed by atoms with Crippen LogP contribution in [0.1, 0.15) is 41.9 Å². The van der Waals surface area contributed by atoms with Gasteiger partial charge in [-0.1, -0.05) is 36.2 Å². The summed E-state index contributed by atoms with van der Waals surface area (Å²) in [6.07, 6.45) is 3.96. The Morgan fingerprint density at radius 2 is 1.92 bits per heavy atom. The number of rotatable bonds is 8. The zero-order chi connectivity index (χ0) is 17.4. The number of unbranched alkanes of at least 4 members (excludes halogenated alkanes) is 2. The molecule has 2 aromatic rings. The Balaban J connectivity index is 1.75. The van der Waals surface area contributed by atoms with Crippen LogP contribution in [0.5, 0.6) is 0 Å². The van der Waals surface area contributed by atoms with Gasteiger partial charge in [0.05, 0.1) is 6.20 Å². The molecule has 3 N–H and O–H groups in total. The van der Waals surface area contributed by atoms with Gasteiger partial charge in [0, 0.05) is 18.5 Å². The first-order chi connectivity index (χ1) is 11.6. The molecular weight excluding hydrogens is 310 g/mol. The number of nitrogens with one attached hydrogen (secondary N) is 2. The third-order valence-corrected chi connectivity index (χ3v) is 3.53. The molecule has 0 bridgehead atoms. The Morgan fingerprint density at radius 1 is 1.17 bits per heavy atom. The molecule has 0 atom stereocenters. The molecular formula is C17H21N3O4. The molecule has 0 saturated heterocycles. The van der Waals surface area contributed by atoms with Gasteiger partial charge in [-0.05, 0) is 19.8 Å². The van der Waals surface area contributed by atoms with E-state index in [2.05, 4.69) is 10.3 Å². The molecule has 0 spiro atoms. The Hall–Kier alpha value is -2.67. The van der Waals surface area contributed by atoms with Crippen molar-refractivity contribution in [3.8, 4) is 11.3 Å². The van der Waals surface area contributed by atoms with Gasteiger partial charge in [0.25, 0.3) is 5.89 Å². The quantitative estimate of drug-likeness (QED) is 0.391. The lowest BCUT2D eigenvalue weighted by molar-refractivity contribution is -0.129. The summed E-state index contributed by atoms with van der Waals surface area (Å²) in [6, 6.07) is 7.77. The van der Waals surface area contributed by atoms with Crippen LogP contribution < -0.4 is 10.8 Å². The highest BCUT2D eigenvalue weighted by molar-refractivity contribution is 5.89. The lowest BCUT2D eigenvalue weighted by atomic mass is 10.1. The third-order valence-electron chi connectivity index (χ3n) is 3.53. The fraction of sp³-hybridized carbons (Fsp3) is 0.353. The van der Waals surface area contributed by atoms with Crippen LogP contribution in [0, 0.1) is 6.92 Å². The van der Waals surface area contributed by atoms with Crippen LogP contribution in [0.2, 0.25) is 0 Å². The largest absolute Gasteiger partial charge is 0.432 e. The number of aryl methyl sites for hydroxylation is 1. The van der Waals surface area contributed by atoms with E-state index in [4.69, 9.17) is 9.62 Å². The summed E-state index contributed by atoms with van der Waals surface area (Å²) < 4.78 is 5.49. The van der Waals surface area contributed by atoms with E-state index < -0.39 is 5.91 Å². The first kappa shape index (κ1) is 17.7. The molecule has 1 heterocycles. The second-order valence-electron chi connectivity index (χ2n) is 5.50. The van der Waals surface area contributed by atoms with Gasteiger partial charge in [0.1, 0.15) is 0 Å². The maximum absolute atomic E-state index is 12.0. The molecule has 0 radical (unpaired) electrons. The SMILES string of the molecule is Cc1ccc(-c2cnc(C(=O)NCCCCCC(=O)NO)o2)cc1. The highest BCUT2D eigenvalue weighted by Crippen LogP contribution is 2.20. The first-order valence-corrected chi connectivity index (χ1v) is 7.84. The smallest absolute Gasteiger partial charge is 0.307 e. The Morgan fingerprint density at radius 3 is 2.62 bits per heavy atom. The maximum atomic E-state index is 12.0. The molecule has 7 heteroatoms. The average molecular weight is 331 g/mol. The summed E-state index contributed by atoms with van der Waals surface area (Å²) in [6.45, 7) is 2.47. The lowest BCUT2D eigenvalue weighted by Gasteiger charge is -2.02. The second kappa shape index (κ2) is 8.83. The van der Waals surface area contributed by atoms with E-state index in [0.29, 0.717) is 18.7 Å². The topological polar surface area (TPSA) is 104 Å². The van der Waals surface area contributed by atoms with Crippen molar-refractivity contribution in [3.05, 3.63) is 41.9 Å². The van der Waals surface area contributed by atoms with E-state index >= 15 is 0 Å². The monoisotopic (exact) mass is 331 g/mol. The van der Waals surface area contributed by atoms with Crippen LogP contribution in [-0.2, 0) is 4.79 Å². The molecule has 0 aliphatic carbocycles. The van der Waals surface area contributed by atoms with E-state index in [-0.39, 0.29) is 18.2 Å². The van der Waals surface area contributed by atoms with Crippen LogP contribution in [-0.4, -0.2) is 28.6 Å². The van der Waals surface area contributed by atoms with Gasteiger partial charge >= 0.3 is 5.91 Å². The first-order valence-electron chi connectivity index (χ1n) is 7.84. The Kier molecular flexibility index (Phi) is 6.51. The molecule has 7 nitrogen and oxygen atoms in total. The van der Waals surface area contributed by atoms with Crippen LogP contribution in [0.4, 0.5) is 0 Å². The lowest BCUT2D eigenvalue weighted by Crippen LogP contribution is -2.24. The van der Waals surface area contributed by atoms with Crippen molar-refractivity contribution in [2.45, 2.75) is 32.6 Å². The normalized spacial score (nSPS) is 10.4. The summed E-state index contributed by atoms with van der Waals surface area (Å²) in [5.41, 5.74) is 3.60. The highest BCUT2D eigenvalue weighted by Gasteiger charge is 2.13. The molecule has 128 valence electrons. The highest BCUT2D eigenvalue weighted by atomic mass is 16.5. The Labute approximate surface area is 140 Å². The van der Waals surface area contributed by atoms with Crippen LogP contribution >= 0.6 is 0 Å². The maximum Gasteiger partial charge on any atom is 0.307 e. The number of hydroxylamine groups is 1. The minimum atomic E-state index is -0.401. The standard InChI is InChI=1S/C17H21N3O4/c1-12-6-8-13(9-7-12)14-11-19-17(24-14)16(22)18-10-4-2-3-5-15(21)20-23/h6-9,11,23H,2-5,10H2,1H3,(H,18,22)(H,20,21). The third kappa shape index (κ3) is 5.20. The zero-order valence-corrected chi connectivity index (χ0v) is 13.5. The number of benzene rings is 1. The van der Waals surface area contributed by atoms with Crippen molar-refractivity contribution in [1.29, 1.82) is 0 Å². The molecule has 1 aromatic heterocycles. The van der Waals surface area contributed by atoms with Crippen molar-refractivity contribution < 1.29 is 19.2 Å². The van der Waals surface area contributed by atoms with Crippen molar-refractivity contribution in [2.75, 3.05) is 6.54 Å². The molecule has 2 rings (SSSR count). The molecule has 0 saturated carbocycles. The van der Waals surface area contributed by atoms with E-state index in [1.54, 1.807) is 5.48 Å². The van der Waals surface area contributed by atoms with Gasteiger partial charge in [-0.2, -0.15) is 0 Å². The molecule has 0 fully saturated rings. The number of oxazole rings is 1. The predicted molar refractivity (Wildman–Crippen MR) is 87.4 cm³/mol.